The average molecular weight is 623 g/mol. The number of sulfonamides is 1. The van der Waals surface area contributed by atoms with Crippen molar-refractivity contribution in [2.75, 3.05) is 7.11 Å². The van der Waals surface area contributed by atoms with Gasteiger partial charge in [-0.05, 0) is 73.0 Å². The Morgan fingerprint density at radius 1 is 0.933 bits per heavy atom. The van der Waals surface area contributed by atoms with Gasteiger partial charge in [-0.25, -0.2) is 18.0 Å². The lowest BCUT2D eigenvalue weighted by atomic mass is 10.00. The van der Waals surface area contributed by atoms with Crippen LogP contribution in [-0.4, -0.2) is 32.5 Å². The Hall–Kier alpha value is -5.19. The average Bonchev–Trinajstić information content (AvgIpc) is 3.44. The normalized spacial score (nSPS) is 12.3. The summed E-state index contributed by atoms with van der Waals surface area (Å²) in [5, 5.41) is 1.51. The summed E-state index contributed by atoms with van der Waals surface area (Å²) in [5.74, 6) is 0.00431. The SMILES string of the molecule is COc1ccc(-c2cc(=O)oc3c(C)c(OC(=O)C(Cc4c[nH]c5ccccc45)NS(=O)(=O)c4ccc(C)cc4)ccc23)cc1. The highest BCUT2D eigenvalue weighted by molar-refractivity contribution is 7.89. The van der Waals surface area contributed by atoms with E-state index in [-0.39, 0.29) is 22.6 Å². The molecule has 1 atom stereocenters. The second-order valence-corrected chi connectivity index (χ2v) is 12.5. The van der Waals surface area contributed by atoms with Gasteiger partial charge in [-0.2, -0.15) is 4.72 Å². The Morgan fingerprint density at radius 3 is 2.40 bits per heavy atom. The fraction of sp³-hybridized carbons (Fsp3) is 0.143. The monoisotopic (exact) mass is 622 g/mol. The molecule has 10 heteroatoms. The van der Waals surface area contributed by atoms with Crippen LogP contribution in [0.3, 0.4) is 0 Å². The number of aryl methyl sites for hydroxylation is 2. The minimum absolute atomic E-state index is 0.0251. The third-order valence-electron chi connectivity index (χ3n) is 7.73. The van der Waals surface area contributed by atoms with Crippen molar-refractivity contribution in [3.05, 3.63) is 124 Å². The maximum Gasteiger partial charge on any atom is 0.336 e. The molecule has 0 aliphatic rings. The Kier molecular flexibility index (Phi) is 8.01. The number of nitrogens with one attached hydrogen (secondary N) is 2. The summed E-state index contributed by atoms with van der Waals surface area (Å²) < 4.78 is 46.0. The fourth-order valence-corrected chi connectivity index (χ4v) is 6.49. The summed E-state index contributed by atoms with van der Waals surface area (Å²) in [6.07, 6.45) is 1.78. The second-order valence-electron chi connectivity index (χ2n) is 10.7. The number of esters is 1. The van der Waals surface area contributed by atoms with Crippen molar-refractivity contribution in [1.29, 1.82) is 0 Å². The number of carbonyl (C=O) groups excluding carboxylic acids is 1. The molecule has 0 aliphatic heterocycles. The van der Waals surface area contributed by atoms with Crippen molar-refractivity contribution >= 4 is 37.9 Å². The third kappa shape index (κ3) is 6.11. The number of carbonyl (C=O) groups is 1. The summed E-state index contributed by atoms with van der Waals surface area (Å²) in [6.45, 7) is 3.53. The first-order valence-corrected chi connectivity index (χ1v) is 15.7. The minimum atomic E-state index is -4.09. The minimum Gasteiger partial charge on any atom is -0.497 e. The smallest absolute Gasteiger partial charge is 0.336 e. The van der Waals surface area contributed by atoms with Crippen molar-refractivity contribution in [3.63, 3.8) is 0 Å². The van der Waals surface area contributed by atoms with Crippen LogP contribution in [0.1, 0.15) is 16.7 Å². The zero-order valence-electron chi connectivity index (χ0n) is 24.8. The second kappa shape index (κ2) is 12.1. The zero-order chi connectivity index (χ0) is 31.7. The van der Waals surface area contributed by atoms with Crippen molar-refractivity contribution in [2.45, 2.75) is 31.2 Å². The third-order valence-corrected chi connectivity index (χ3v) is 9.22. The first-order valence-electron chi connectivity index (χ1n) is 14.2. The zero-order valence-corrected chi connectivity index (χ0v) is 25.6. The van der Waals surface area contributed by atoms with Gasteiger partial charge < -0.3 is 18.9 Å². The maximum atomic E-state index is 13.8. The standard InChI is InChI=1S/C35H30N2O7S/c1-21-8-14-26(15-9-21)45(40,41)37-31(18-24-20-36-30-7-5-4-6-27(24)30)35(39)43-32-17-16-28-29(19-33(38)44-34(28)22(32)2)23-10-12-25(42-3)13-11-23/h4-17,19-20,31,36-37H,18H2,1-3H3. The van der Waals surface area contributed by atoms with Gasteiger partial charge in [0.2, 0.25) is 10.0 Å². The highest BCUT2D eigenvalue weighted by atomic mass is 32.2. The Balaban J connectivity index is 1.35. The first-order chi connectivity index (χ1) is 21.6. The predicted molar refractivity (Wildman–Crippen MR) is 172 cm³/mol. The number of para-hydroxylation sites is 1. The number of H-pyrrole nitrogens is 1. The van der Waals surface area contributed by atoms with E-state index < -0.39 is 27.7 Å². The van der Waals surface area contributed by atoms with Gasteiger partial charge >= 0.3 is 11.6 Å². The Morgan fingerprint density at radius 2 is 1.67 bits per heavy atom. The van der Waals surface area contributed by atoms with Crippen LogP contribution in [0.25, 0.3) is 33.0 Å². The van der Waals surface area contributed by atoms with E-state index in [1.807, 2.05) is 43.3 Å². The van der Waals surface area contributed by atoms with Gasteiger partial charge in [0, 0.05) is 40.5 Å². The van der Waals surface area contributed by atoms with Gasteiger partial charge in [0.25, 0.3) is 0 Å². The van der Waals surface area contributed by atoms with E-state index in [9.17, 15) is 18.0 Å². The molecule has 45 heavy (non-hydrogen) atoms. The van der Waals surface area contributed by atoms with Gasteiger partial charge in [-0.1, -0.05) is 48.0 Å². The topological polar surface area (TPSA) is 128 Å². The van der Waals surface area contributed by atoms with Crippen LogP contribution in [0.2, 0.25) is 0 Å². The maximum absolute atomic E-state index is 13.8. The number of rotatable bonds is 9. The molecule has 9 nitrogen and oxygen atoms in total. The van der Waals surface area contributed by atoms with E-state index in [4.69, 9.17) is 13.9 Å². The highest BCUT2D eigenvalue weighted by Gasteiger charge is 2.29. The number of benzene rings is 4. The molecule has 0 aliphatic carbocycles. The first kappa shape index (κ1) is 29.9. The molecule has 2 N–H and O–H groups in total. The number of ether oxygens (including phenoxy) is 2. The molecule has 6 rings (SSSR count). The van der Waals surface area contributed by atoms with E-state index >= 15 is 0 Å². The summed E-state index contributed by atoms with van der Waals surface area (Å²) >= 11 is 0. The molecule has 0 amide bonds. The van der Waals surface area contributed by atoms with E-state index in [0.29, 0.717) is 22.3 Å². The van der Waals surface area contributed by atoms with Crippen LogP contribution in [-0.2, 0) is 21.2 Å². The van der Waals surface area contributed by atoms with Crippen molar-refractivity contribution in [2.24, 2.45) is 0 Å². The molecule has 1 unspecified atom stereocenters. The van der Waals surface area contributed by atoms with Crippen LogP contribution in [0.4, 0.5) is 0 Å². The summed E-state index contributed by atoms with van der Waals surface area (Å²) in [7, 11) is -2.52. The van der Waals surface area contributed by atoms with Gasteiger partial charge in [0.15, 0.2) is 0 Å². The number of aromatic nitrogens is 1. The lowest BCUT2D eigenvalue weighted by Crippen LogP contribution is -2.44. The molecular weight excluding hydrogens is 592 g/mol. The predicted octanol–water partition coefficient (Wildman–Crippen LogP) is 6.06. The quantitative estimate of drug-likeness (QED) is 0.114. The van der Waals surface area contributed by atoms with Gasteiger partial charge in [0.1, 0.15) is 23.1 Å². The summed E-state index contributed by atoms with van der Waals surface area (Å²) in [4.78, 5) is 29.6. The summed E-state index contributed by atoms with van der Waals surface area (Å²) in [5.41, 5.74) is 4.03. The molecule has 2 aromatic heterocycles. The summed E-state index contributed by atoms with van der Waals surface area (Å²) in [6, 6.07) is 24.6. The Bertz CT molecular complexity index is 2200. The lowest BCUT2D eigenvalue weighted by molar-refractivity contribution is -0.136. The Labute approximate surface area is 259 Å². The van der Waals surface area contributed by atoms with E-state index in [0.717, 1.165) is 27.6 Å². The van der Waals surface area contributed by atoms with Crippen molar-refractivity contribution < 1.29 is 27.1 Å². The van der Waals surface area contributed by atoms with Crippen molar-refractivity contribution in [3.8, 4) is 22.6 Å². The molecule has 6 aromatic rings. The molecule has 0 fully saturated rings. The molecule has 0 saturated carbocycles. The van der Waals surface area contributed by atoms with E-state index in [2.05, 4.69) is 9.71 Å². The molecule has 0 bridgehead atoms. The van der Waals surface area contributed by atoms with Crippen LogP contribution < -0.4 is 19.8 Å². The van der Waals surface area contributed by atoms with Gasteiger partial charge in [0.05, 0.1) is 12.0 Å². The number of hydrogen-bond acceptors (Lipinski definition) is 7. The van der Waals surface area contributed by atoms with Crippen LogP contribution >= 0.6 is 0 Å². The molecule has 0 radical (unpaired) electrons. The lowest BCUT2D eigenvalue weighted by Gasteiger charge is -2.19. The van der Waals surface area contributed by atoms with E-state index in [1.165, 1.54) is 18.2 Å². The largest absolute Gasteiger partial charge is 0.497 e. The molecule has 4 aromatic carbocycles. The number of fused-ring (bicyclic) bond motifs is 2. The molecule has 2 heterocycles. The fourth-order valence-electron chi connectivity index (χ4n) is 5.31. The van der Waals surface area contributed by atoms with Crippen LogP contribution in [0.15, 0.2) is 111 Å². The molecule has 0 spiro atoms. The van der Waals surface area contributed by atoms with Gasteiger partial charge in [-0.3, -0.25) is 0 Å². The van der Waals surface area contributed by atoms with E-state index in [1.54, 1.807) is 56.6 Å². The van der Waals surface area contributed by atoms with Crippen molar-refractivity contribution in [1.82, 2.24) is 9.71 Å². The molecular formula is C35H30N2O7S. The number of methoxy groups -OCH3 is 1. The number of hydrogen-bond donors (Lipinski definition) is 2. The van der Waals surface area contributed by atoms with Crippen LogP contribution in [0, 0.1) is 13.8 Å². The highest BCUT2D eigenvalue weighted by Crippen LogP contribution is 2.34. The van der Waals surface area contributed by atoms with Crippen LogP contribution in [0.5, 0.6) is 11.5 Å². The molecule has 228 valence electrons. The number of aromatic amines is 1. The van der Waals surface area contributed by atoms with Gasteiger partial charge in [-0.15, -0.1) is 0 Å². The molecule has 0 saturated heterocycles.